The van der Waals surface area contributed by atoms with Crippen molar-refractivity contribution < 1.29 is 26.7 Å². The van der Waals surface area contributed by atoms with E-state index in [9.17, 15) is 26.7 Å². The maximum absolute atomic E-state index is 13.4. The standard InChI is InChI=1S/C15H7F5O/c16-11-9(12(17)14(19)15(20)13(11)18)6-7-10(21)8-4-2-1-3-5-8/h1-7H/b7-6-. The molecule has 0 N–H and O–H groups in total. The van der Waals surface area contributed by atoms with Crippen LogP contribution in [0.4, 0.5) is 22.0 Å². The quantitative estimate of drug-likeness (QED) is 0.272. The summed E-state index contributed by atoms with van der Waals surface area (Å²) < 4.78 is 65.5. The van der Waals surface area contributed by atoms with Gasteiger partial charge in [-0.05, 0) is 12.2 Å². The van der Waals surface area contributed by atoms with Crippen molar-refractivity contribution in [3.05, 3.63) is 76.6 Å². The van der Waals surface area contributed by atoms with E-state index in [1.165, 1.54) is 12.1 Å². The zero-order valence-electron chi connectivity index (χ0n) is 10.3. The second kappa shape index (κ2) is 5.87. The van der Waals surface area contributed by atoms with Gasteiger partial charge in [-0.1, -0.05) is 30.3 Å². The van der Waals surface area contributed by atoms with Gasteiger partial charge in [0.15, 0.2) is 29.1 Å². The van der Waals surface area contributed by atoms with Gasteiger partial charge in [0.05, 0.1) is 5.56 Å². The van der Waals surface area contributed by atoms with Gasteiger partial charge in [-0.15, -0.1) is 0 Å². The van der Waals surface area contributed by atoms with Gasteiger partial charge in [-0.2, -0.15) is 0 Å². The van der Waals surface area contributed by atoms with Crippen molar-refractivity contribution in [1.82, 2.24) is 0 Å². The summed E-state index contributed by atoms with van der Waals surface area (Å²) in [4.78, 5) is 11.7. The summed E-state index contributed by atoms with van der Waals surface area (Å²) in [6.07, 6.45) is 1.30. The molecule has 1 nitrogen and oxygen atoms in total. The fourth-order valence-corrected chi connectivity index (χ4v) is 1.63. The van der Waals surface area contributed by atoms with Gasteiger partial charge in [0.1, 0.15) is 0 Å². The monoisotopic (exact) mass is 298 g/mol. The molecule has 0 spiro atoms. The molecule has 0 heterocycles. The molecule has 0 bridgehead atoms. The van der Waals surface area contributed by atoms with Crippen molar-refractivity contribution in [1.29, 1.82) is 0 Å². The molecule has 0 saturated heterocycles. The van der Waals surface area contributed by atoms with Gasteiger partial charge in [0, 0.05) is 5.56 Å². The van der Waals surface area contributed by atoms with Gasteiger partial charge in [-0.3, -0.25) is 4.79 Å². The zero-order valence-corrected chi connectivity index (χ0v) is 10.3. The Labute approximate surface area is 116 Å². The summed E-state index contributed by atoms with van der Waals surface area (Å²) in [6, 6.07) is 7.69. The second-order valence-electron chi connectivity index (χ2n) is 4.05. The Kier molecular flexibility index (Phi) is 4.16. The van der Waals surface area contributed by atoms with Crippen molar-refractivity contribution in [2.24, 2.45) is 0 Å². The Morgan fingerprint density at radius 3 is 1.76 bits per heavy atom. The average molecular weight is 298 g/mol. The lowest BCUT2D eigenvalue weighted by Gasteiger charge is -2.04. The molecule has 0 atom stereocenters. The lowest BCUT2D eigenvalue weighted by atomic mass is 10.1. The first-order valence-electron chi connectivity index (χ1n) is 5.72. The number of rotatable bonds is 3. The molecule has 6 heteroatoms. The van der Waals surface area contributed by atoms with Crippen LogP contribution in [0.15, 0.2) is 36.4 Å². The predicted octanol–water partition coefficient (Wildman–Crippen LogP) is 4.28. The van der Waals surface area contributed by atoms with Crippen LogP contribution in [0.25, 0.3) is 6.08 Å². The lowest BCUT2D eigenvalue weighted by molar-refractivity contribution is 0.104. The van der Waals surface area contributed by atoms with Gasteiger partial charge in [0.2, 0.25) is 5.82 Å². The summed E-state index contributed by atoms with van der Waals surface area (Å²) in [7, 11) is 0. The highest BCUT2D eigenvalue weighted by atomic mass is 19.2. The summed E-state index contributed by atoms with van der Waals surface area (Å²) in [5.74, 6) is -10.9. The molecule has 0 radical (unpaired) electrons. The van der Waals surface area contributed by atoms with Crippen molar-refractivity contribution in [3.63, 3.8) is 0 Å². The molecule has 0 aliphatic rings. The Balaban J connectivity index is 2.41. The van der Waals surface area contributed by atoms with E-state index in [0.29, 0.717) is 6.08 Å². The topological polar surface area (TPSA) is 17.1 Å². The van der Waals surface area contributed by atoms with Gasteiger partial charge < -0.3 is 0 Å². The minimum absolute atomic E-state index is 0.220. The van der Waals surface area contributed by atoms with Crippen molar-refractivity contribution in [2.75, 3.05) is 0 Å². The first-order valence-corrected chi connectivity index (χ1v) is 5.72. The van der Waals surface area contributed by atoms with E-state index < -0.39 is 40.4 Å². The number of hydrogen-bond acceptors (Lipinski definition) is 1. The lowest BCUT2D eigenvalue weighted by Crippen LogP contribution is -2.04. The highest BCUT2D eigenvalue weighted by Gasteiger charge is 2.24. The van der Waals surface area contributed by atoms with Crippen LogP contribution in [0.2, 0.25) is 0 Å². The van der Waals surface area contributed by atoms with Crippen LogP contribution in [0.1, 0.15) is 15.9 Å². The van der Waals surface area contributed by atoms with Gasteiger partial charge in [-0.25, -0.2) is 22.0 Å². The minimum Gasteiger partial charge on any atom is -0.289 e. The molecule has 21 heavy (non-hydrogen) atoms. The fourth-order valence-electron chi connectivity index (χ4n) is 1.63. The second-order valence-corrected chi connectivity index (χ2v) is 4.05. The highest BCUT2D eigenvalue weighted by Crippen LogP contribution is 2.24. The van der Waals surface area contributed by atoms with E-state index in [1.807, 2.05) is 0 Å². The van der Waals surface area contributed by atoms with E-state index in [2.05, 4.69) is 0 Å². The van der Waals surface area contributed by atoms with Crippen LogP contribution >= 0.6 is 0 Å². The number of carbonyl (C=O) groups is 1. The molecular formula is C15H7F5O. The van der Waals surface area contributed by atoms with Crippen molar-refractivity contribution in [2.45, 2.75) is 0 Å². The van der Waals surface area contributed by atoms with Crippen molar-refractivity contribution in [3.8, 4) is 0 Å². The molecule has 108 valence electrons. The fraction of sp³-hybridized carbons (Fsp3) is 0. The Morgan fingerprint density at radius 2 is 1.24 bits per heavy atom. The van der Waals surface area contributed by atoms with E-state index in [4.69, 9.17) is 0 Å². The largest absolute Gasteiger partial charge is 0.289 e. The molecule has 2 aromatic rings. The first kappa shape index (κ1) is 14.9. The SMILES string of the molecule is O=C(/C=C\c1c(F)c(F)c(F)c(F)c1F)c1ccccc1. The Hall–Kier alpha value is -2.50. The summed E-state index contributed by atoms with van der Waals surface area (Å²) in [6.45, 7) is 0. The maximum atomic E-state index is 13.4. The molecule has 0 aromatic heterocycles. The molecule has 0 aliphatic heterocycles. The molecule has 0 saturated carbocycles. The van der Waals surface area contributed by atoms with Crippen molar-refractivity contribution >= 4 is 11.9 Å². The van der Waals surface area contributed by atoms with E-state index in [1.54, 1.807) is 18.2 Å². The van der Waals surface area contributed by atoms with Crippen LogP contribution in [-0.2, 0) is 0 Å². The molecule has 0 fully saturated rings. The van der Waals surface area contributed by atoms with E-state index in [-0.39, 0.29) is 5.56 Å². The number of allylic oxidation sites excluding steroid dienone is 1. The Bertz CT molecular complexity index is 694. The van der Waals surface area contributed by atoms with Gasteiger partial charge in [0.25, 0.3) is 0 Å². The molecule has 2 rings (SSSR count). The number of halogens is 5. The molecule has 0 unspecified atom stereocenters. The summed E-state index contributed by atoms with van der Waals surface area (Å²) in [5, 5.41) is 0. The molecule has 2 aromatic carbocycles. The molecule has 0 amide bonds. The van der Waals surface area contributed by atoms with E-state index in [0.717, 1.165) is 6.08 Å². The van der Waals surface area contributed by atoms with Crippen LogP contribution < -0.4 is 0 Å². The number of hydrogen-bond donors (Lipinski definition) is 0. The number of benzene rings is 2. The third kappa shape index (κ3) is 2.84. The summed E-state index contributed by atoms with van der Waals surface area (Å²) in [5.41, 5.74) is -0.937. The van der Waals surface area contributed by atoms with Crippen LogP contribution in [0, 0.1) is 29.1 Å². The minimum atomic E-state index is -2.24. The van der Waals surface area contributed by atoms with Crippen LogP contribution in [-0.4, -0.2) is 5.78 Å². The van der Waals surface area contributed by atoms with E-state index >= 15 is 0 Å². The maximum Gasteiger partial charge on any atom is 0.200 e. The molecular weight excluding hydrogens is 291 g/mol. The summed E-state index contributed by atoms with van der Waals surface area (Å²) >= 11 is 0. The van der Waals surface area contributed by atoms with Crippen LogP contribution in [0.5, 0.6) is 0 Å². The third-order valence-corrected chi connectivity index (χ3v) is 2.70. The highest BCUT2D eigenvalue weighted by molar-refractivity contribution is 6.06. The van der Waals surface area contributed by atoms with Crippen LogP contribution in [0.3, 0.4) is 0 Å². The Morgan fingerprint density at radius 1 is 0.762 bits per heavy atom. The smallest absolute Gasteiger partial charge is 0.200 e. The number of ketones is 1. The zero-order chi connectivity index (χ0) is 15.6. The van der Waals surface area contributed by atoms with Gasteiger partial charge >= 0.3 is 0 Å². The third-order valence-electron chi connectivity index (χ3n) is 2.70. The normalized spacial score (nSPS) is 11.1. The first-order chi connectivity index (χ1) is 9.93. The molecule has 0 aliphatic carbocycles. The predicted molar refractivity (Wildman–Crippen MR) is 66.0 cm³/mol. The average Bonchev–Trinajstić information content (AvgIpc) is 2.51. The number of carbonyl (C=O) groups excluding carboxylic acids is 1.